The molecular weight excluding hydrogens is 380 g/mol. The SMILES string of the molecule is CC(C)N(CC(=O)N(Cc1ccco1)CC1CCCO1)C(=O)/C=C/c1ccccc1. The van der Waals surface area contributed by atoms with Crippen LogP contribution in [0.2, 0.25) is 0 Å². The Labute approximate surface area is 178 Å². The second-order valence-electron chi connectivity index (χ2n) is 7.79. The Morgan fingerprint density at radius 1 is 1.17 bits per heavy atom. The molecule has 0 radical (unpaired) electrons. The van der Waals surface area contributed by atoms with Crippen LogP contribution in [0.1, 0.15) is 38.0 Å². The van der Waals surface area contributed by atoms with Gasteiger partial charge in [0.2, 0.25) is 11.8 Å². The lowest BCUT2D eigenvalue weighted by atomic mass is 10.2. The topological polar surface area (TPSA) is 63.0 Å². The predicted octanol–water partition coefficient (Wildman–Crippen LogP) is 3.74. The summed E-state index contributed by atoms with van der Waals surface area (Å²) >= 11 is 0. The Balaban J connectivity index is 1.68. The average molecular weight is 411 g/mol. The highest BCUT2D eigenvalue weighted by atomic mass is 16.5. The monoisotopic (exact) mass is 410 g/mol. The number of carbonyl (C=O) groups excluding carboxylic acids is 2. The second-order valence-corrected chi connectivity index (χ2v) is 7.79. The van der Waals surface area contributed by atoms with E-state index in [9.17, 15) is 9.59 Å². The molecule has 6 nitrogen and oxygen atoms in total. The van der Waals surface area contributed by atoms with Crippen molar-refractivity contribution in [2.45, 2.75) is 45.4 Å². The summed E-state index contributed by atoms with van der Waals surface area (Å²) in [5, 5.41) is 0. The zero-order valence-corrected chi connectivity index (χ0v) is 17.7. The first kappa shape index (κ1) is 21.8. The summed E-state index contributed by atoms with van der Waals surface area (Å²) in [7, 11) is 0. The third kappa shape index (κ3) is 6.32. The number of nitrogens with zero attached hydrogens (tertiary/aromatic N) is 2. The third-order valence-electron chi connectivity index (χ3n) is 5.16. The maximum absolute atomic E-state index is 13.2. The van der Waals surface area contributed by atoms with Gasteiger partial charge in [0.05, 0.1) is 18.9 Å². The van der Waals surface area contributed by atoms with Gasteiger partial charge in [-0.3, -0.25) is 9.59 Å². The number of carbonyl (C=O) groups is 2. The summed E-state index contributed by atoms with van der Waals surface area (Å²) in [5.41, 5.74) is 0.943. The largest absolute Gasteiger partial charge is 0.467 e. The second kappa shape index (κ2) is 10.8. The molecule has 160 valence electrons. The van der Waals surface area contributed by atoms with Crippen LogP contribution in [0.4, 0.5) is 0 Å². The Morgan fingerprint density at radius 2 is 1.97 bits per heavy atom. The highest BCUT2D eigenvalue weighted by molar-refractivity contribution is 5.94. The van der Waals surface area contributed by atoms with E-state index in [2.05, 4.69) is 0 Å². The zero-order valence-electron chi connectivity index (χ0n) is 17.7. The van der Waals surface area contributed by atoms with Crippen LogP contribution in [0, 0.1) is 0 Å². The van der Waals surface area contributed by atoms with Crippen molar-refractivity contribution in [3.63, 3.8) is 0 Å². The van der Waals surface area contributed by atoms with Crippen molar-refractivity contribution >= 4 is 17.9 Å². The van der Waals surface area contributed by atoms with Crippen LogP contribution in [0.15, 0.2) is 59.2 Å². The number of amides is 2. The molecule has 1 aliphatic rings. The highest BCUT2D eigenvalue weighted by Crippen LogP contribution is 2.16. The molecule has 2 heterocycles. The van der Waals surface area contributed by atoms with Gasteiger partial charge in [-0.1, -0.05) is 30.3 Å². The molecule has 30 heavy (non-hydrogen) atoms. The van der Waals surface area contributed by atoms with E-state index in [1.165, 1.54) is 6.08 Å². The number of hydrogen-bond acceptors (Lipinski definition) is 4. The molecule has 1 unspecified atom stereocenters. The fourth-order valence-electron chi connectivity index (χ4n) is 3.47. The maximum Gasteiger partial charge on any atom is 0.247 e. The number of rotatable bonds is 9. The van der Waals surface area contributed by atoms with E-state index in [-0.39, 0.29) is 30.5 Å². The van der Waals surface area contributed by atoms with Crippen molar-refractivity contribution in [1.29, 1.82) is 0 Å². The summed E-state index contributed by atoms with van der Waals surface area (Å²) in [5.74, 6) is 0.419. The molecule has 1 fully saturated rings. The first-order valence-corrected chi connectivity index (χ1v) is 10.5. The summed E-state index contributed by atoms with van der Waals surface area (Å²) in [4.78, 5) is 29.3. The first-order chi connectivity index (χ1) is 14.5. The third-order valence-corrected chi connectivity index (χ3v) is 5.16. The number of furan rings is 1. The fourth-order valence-corrected chi connectivity index (χ4v) is 3.47. The van der Waals surface area contributed by atoms with Crippen molar-refractivity contribution in [2.24, 2.45) is 0 Å². The van der Waals surface area contributed by atoms with Gasteiger partial charge in [-0.15, -0.1) is 0 Å². The summed E-state index contributed by atoms with van der Waals surface area (Å²) in [6.45, 7) is 5.44. The molecule has 0 bridgehead atoms. The van der Waals surface area contributed by atoms with Crippen LogP contribution in [0.25, 0.3) is 6.08 Å². The quantitative estimate of drug-likeness (QED) is 0.591. The van der Waals surface area contributed by atoms with Gasteiger partial charge in [-0.05, 0) is 50.5 Å². The molecule has 0 spiro atoms. The van der Waals surface area contributed by atoms with Crippen molar-refractivity contribution in [2.75, 3.05) is 19.7 Å². The summed E-state index contributed by atoms with van der Waals surface area (Å²) in [6, 6.07) is 13.2. The lowest BCUT2D eigenvalue weighted by Gasteiger charge is -2.30. The van der Waals surface area contributed by atoms with E-state index < -0.39 is 0 Å². The molecule has 0 aliphatic carbocycles. The molecule has 0 N–H and O–H groups in total. The van der Waals surface area contributed by atoms with Crippen molar-refractivity contribution < 1.29 is 18.7 Å². The van der Waals surface area contributed by atoms with Crippen LogP contribution in [-0.2, 0) is 20.9 Å². The Morgan fingerprint density at radius 3 is 2.60 bits per heavy atom. The van der Waals surface area contributed by atoms with E-state index in [1.54, 1.807) is 22.1 Å². The minimum absolute atomic E-state index is 0.0169. The Kier molecular flexibility index (Phi) is 7.85. The minimum Gasteiger partial charge on any atom is -0.467 e. The van der Waals surface area contributed by atoms with Gasteiger partial charge in [-0.25, -0.2) is 0 Å². The van der Waals surface area contributed by atoms with Gasteiger partial charge in [0, 0.05) is 25.3 Å². The average Bonchev–Trinajstić information content (AvgIpc) is 3.44. The van der Waals surface area contributed by atoms with Gasteiger partial charge >= 0.3 is 0 Å². The summed E-state index contributed by atoms with van der Waals surface area (Å²) in [6.07, 6.45) is 6.88. The zero-order chi connectivity index (χ0) is 21.3. The molecule has 2 amide bonds. The molecule has 3 rings (SSSR count). The molecule has 2 aromatic rings. The van der Waals surface area contributed by atoms with Gasteiger partial charge in [0.1, 0.15) is 12.3 Å². The number of hydrogen-bond donors (Lipinski definition) is 0. The van der Waals surface area contributed by atoms with Crippen LogP contribution in [-0.4, -0.2) is 53.5 Å². The van der Waals surface area contributed by atoms with Crippen LogP contribution < -0.4 is 0 Å². The summed E-state index contributed by atoms with van der Waals surface area (Å²) < 4.78 is 11.2. The fraction of sp³-hybridized carbons (Fsp3) is 0.417. The highest BCUT2D eigenvalue weighted by Gasteiger charge is 2.26. The molecule has 1 aromatic carbocycles. The molecular formula is C24H30N2O4. The molecule has 1 saturated heterocycles. The van der Waals surface area contributed by atoms with E-state index in [0.29, 0.717) is 18.8 Å². The molecule has 1 aromatic heterocycles. The van der Waals surface area contributed by atoms with Crippen molar-refractivity contribution in [3.8, 4) is 0 Å². The van der Waals surface area contributed by atoms with Crippen LogP contribution in [0.5, 0.6) is 0 Å². The molecule has 1 atom stereocenters. The van der Waals surface area contributed by atoms with E-state index in [1.807, 2.05) is 56.3 Å². The van der Waals surface area contributed by atoms with Gasteiger partial charge < -0.3 is 19.0 Å². The molecule has 0 saturated carbocycles. The molecule has 1 aliphatic heterocycles. The number of benzene rings is 1. The smallest absolute Gasteiger partial charge is 0.247 e. The first-order valence-electron chi connectivity index (χ1n) is 10.5. The van der Waals surface area contributed by atoms with Crippen molar-refractivity contribution in [1.82, 2.24) is 9.80 Å². The number of ether oxygens (including phenoxy) is 1. The van der Waals surface area contributed by atoms with Gasteiger partial charge in [-0.2, -0.15) is 0 Å². The standard InChI is InChI=1S/C24H30N2O4/c1-19(2)26(23(27)13-12-20-8-4-3-5-9-20)18-24(28)25(16-21-10-6-14-29-21)17-22-11-7-15-30-22/h3-6,8-10,12-14,19,22H,7,11,15-18H2,1-2H3/b13-12+. The lowest BCUT2D eigenvalue weighted by molar-refractivity contribution is -0.141. The van der Waals surface area contributed by atoms with Crippen LogP contribution >= 0.6 is 0 Å². The van der Waals surface area contributed by atoms with Gasteiger partial charge in [0.15, 0.2) is 0 Å². The Bertz CT molecular complexity index is 824. The van der Waals surface area contributed by atoms with Gasteiger partial charge in [0.25, 0.3) is 0 Å². The van der Waals surface area contributed by atoms with Crippen LogP contribution in [0.3, 0.4) is 0 Å². The van der Waals surface area contributed by atoms with E-state index >= 15 is 0 Å². The Hall–Kier alpha value is -2.86. The normalized spacial score (nSPS) is 16.3. The van der Waals surface area contributed by atoms with Crippen molar-refractivity contribution in [3.05, 3.63) is 66.1 Å². The maximum atomic E-state index is 13.2. The molecule has 6 heteroatoms. The predicted molar refractivity (Wildman–Crippen MR) is 115 cm³/mol. The van der Waals surface area contributed by atoms with E-state index in [4.69, 9.17) is 9.15 Å². The lowest BCUT2D eigenvalue weighted by Crippen LogP contribution is -2.46. The minimum atomic E-state index is -0.183. The van der Waals surface area contributed by atoms with E-state index in [0.717, 1.165) is 25.0 Å².